The molecule has 1 N–H and O–H groups in total. The summed E-state index contributed by atoms with van der Waals surface area (Å²) in [5.41, 5.74) is 1.73. The number of halogens is 1. The number of thiazole rings is 1. The highest BCUT2D eigenvalue weighted by Gasteiger charge is 2.14. The second-order valence-electron chi connectivity index (χ2n) is 4.26. The van der Waals surface area contributed by atoms with Crippen LogP contribution in [-0.2, 0) is 17.9 Å². The number of amides is 1. The number of nitrogens with one attached hydrogen (secondary N) is 1. The van der Waals surface area contributed by atoms with Crippen LogP contribution in [0.1, 0.15) is 25.9 Å². The third-order valence-corrected chi connectivity index (χ3v) is 4.06. The van der Waals surface area contributed by atoms with Crippen LogP contribution in [0.4, 0.5) is 0 Å². The van der Waals surface area contributed by atoms with Crippen LogP contribution in [0.15, 0.2) is 24.3 Å². The Balaban J connectivity index is 1.99. The van der Waals surface area contributed by atoms with Crippen molar-refractivity contribution >= 4 is 28.8 Å². The Morgan fingerprint density at radius 2 is 2.10 bits per heavy atom. The molecule has 1 aromatic heterocycles. The third-order valence-electron chi connectivity index (χ3n) is 2.68. The van der Waals surface area contributed by atoms with Crippen molar-refractivity contribution in [2.75, 3.05) is 7.11 Å². The molecule has 0 spiro atoms. The van der Waals surface area contributed by atoms with E-state index in [0.29, 0.717) is 23.1 Å². The van der Waals surface area contributed by atoms with Crippen LogP contribution < -0.4 is 5.32 Å². The van der Waals surface area contributed by atoms with Crippen LogP contribution in [0.25, 0.3) is 0 Å². The van der Waals surface area contributed by atoms with Crippen molar-refractivity contribution in [1.82, 2.24) is 10.3 Å². The Hall–Kier alpha value is -1.43. The van der Waals surface area contributed by atoms with E-state index in [-0.39, 0.29) is 5.91 Å². The first-order valence-corrected chi connectivity index (χ1v) is 7.27. The van der Waals surface area contributed by atoms with E-state index >= 15 is 0 Å². The smallest absolute Gasteiger partial charge is 0.263 e. The fourth-order valence-corrected chi connectivity index (χ4v) is 2.79. The fraction of sp³-hybridized carbons (Fsp3) is 0.286. The number of aromatic nitrogens is 1. The van der Waals surface area contributed by atoms with Crippen molar-refractivity contribution in [3.8, 4) is 0 Å². The van der Waals surface area contributed by atoms with E-state index in [2.05, 4.69) is 10.3 Å². The summed E-state index contributed by atoms with van der Waals surface area (Å²) in [6, 6.07) is 7.38. The molecule has 0 aliphatic heterocycles. The first-order valence-electron chi connectivity index (χ1n) is 6.08. The number of aryl methyl sites for hydroxylation is 1. The quantitative estimate of drug-likeness (QED) is 0.923. The van der Waals surface area contributed by atoms with E-state index < -0.39 is 0 Å². The number of ether oxygens (including phenoxy) is 1. The Labute approximate surface area is 126 Å². The molecule has 20 heavy (non-hydrogen) atoms. The summed E-state index contributed by atoms with van der Waals surface area (Å²) in [5.74, 6) is -0.114. The molecule has 0 saturated carbocycles. The summed E-state index contributed by atoms with van der Waals surface area (Å²) >= 11 is 7.18. The van der Waals surface area contributed by atoms with Crippen molar-refractivity contribution < 1.29 is 9.53 Å². The van der Waals surface area contributed by atoms with Gasteiger partial charge in [0.1, 0.15) is 9.88 Å². The van der Waals surface area contributed by atoms with Crippen molar-refractivity contribution in [1.29, 1.82) is 0 Å². The monoisotopic (exact) mass is 310 g/mol. The molecule has 0 unspecified atom stereocenters. The van der Waals surface area contributed by atoms with E-state index in [1.165, 1.54) is 11.3 Å². The molecule has 1 aromatic carbocycles. The first kappa shape index (κ1) is 15.0. The molecule has 0 radical (unpaired) electrons. The second-order valence-corrected chi connectivity index (χ2v) is 5.78. The third kappa shape index (κ3) is 3.79. The lowest BCUT2D eigenvalue weighted by molar-refractivity contribution is 0.0954. The molecule has 0 aliphatic carbocycles. The van der Waals surface area contributed by atoms with Gasteiger partial charge in [-0.2, -0.15) is 0 Å². The zero-order chi connectivity index (χ0) is 14.5. The maximum atomic E-state index is 12.1. The van der Waals surface area contributed by atoms with Crippen LogP contribution in [0.5, 0.6) is 0 Å². The number of benzene rings is 1. The van der Waals surface area contributed by atoms with Gasteiger partial charge >= 0.3 is 0 Å². The van der Waals surface area contributed by atoms with Gasteiger partial charge in [0.05, 0.1) is 12.3 Å². The highest BCUT2D eigenvalue weighted by Crippen LogP contribution is 2.18. The van der Waals surface area contributed by atoms with Crippen LogP contribution in [0.2, 0.25) is 5.02 Å². The zero-order valence-electron chi connectivity index (χ0n) is 11.3. The van der Waals surface area contributed by atoms with Crippen LogP contribution in [0.3, 0.4) is 0 Å². The number of carbonyl (C=O) groups excluding carboxylic acids is 1. The molecule has 0 aliphatic rings. The number of methoxy groups -OCH3 is 1. The predicted octanol–water partition coefficient (Wildman–Crippen LogP) is 3.18. The average Bonchev–Trinajstić information content (AvgIpc) is 2.79. The van der Waals surface area contributed by atoms with Gasteiger partial charge in [-0.15, -0.1) is 11.3 Å². The fourth-order valence-electron chi connectivity index (χ4n) is 1.71. The molecule has 1 heterocycles. The van der Waals surface area contributed by atoms with E-state index in [1.54, 1.807) is 19.2 Å². The van der Waals surface area contributed by atoms with Crippen LogP contribution in [0, 0.1) is 6.92 Å². The maximum absolute atomic E-state index is 12.1. The molecule has 0 bridgehead atoms. The van der Waals surface area contributed by atoms with Gasteiger partial charge < -0.3 is 10.1 Å². The first-order chi connectivity index (χ1) is 9.60. The molecule has 2 aromatic rings. The van der Waals surface area contributed by atoms with E-state index in [0.717, 1.165) is 16.3 Å². The summed E-state index contributed by atoms with van der Waals surface area (Å²) in [4.78, 5) is 17.0. The molecule has 4 nitrogen and oxygen atoms in total. The van der Waals surface area contributed by atoms with Gasteiger partial charge in [-0.1, -0.05) is 23.7 Å². The molecule has 0 saturated heterocycles. The number of hydrogen-bond donors (Lipinski definition) is 1. The molecule has 0 fully saturated rings. The lowest BCUT2D eigenvalue weighted by Gasteiger charge is -2.04. The molecule has 2 rings (SSSR count). The van der Waals surface area contributed by atoms with Crippen molar-refractivity contribution in [2.45, 2.75) is 20.1 Å². The van der Waals surface area contributed by atoms with Crippen molar-refractivity contribution in [2.24, 2.45) is 0 Å². The lowest BCUT2D eigenvalue weighted by atomic mass is 10.2. The summed E-state index contributed by atoms with van der Waals surface area (Å²) in [7, 11) is 1.61. The highest BCUT2D eigenvalue weighted by atomic mass is 35.5. The van der Waals surface area contributed by atoms with Crippen molar-refractivity contribution in [3.63, 3.8) is 0 Å². The molecule has 106 valence electrons. The standard InChI is InChI=1S/C14H15ClN2O2S/c1-9-13(20-12(17-9)8-19-2)14(18)16-7-10-3-5-11(15)6-4-10/h3-6H,7-8H2,1-2H3,(H,16,18). The summed E-state index contributed by atoms with van der Waals surface area (Å²) in [6.07, 6.45) is 0. The van der Waals surface area contributed by atoms with Crippen LogP contribution in [-0.4, -0.2) is 18.0 Å². The van der Waals surface area contributed by atoms with E-state index in [9.17, 15) is 4.79 Å². The van der Waals surface area contributed by atoms with Gasteiger partial charge in [0.15, 0.2) is 0 Å². The van der Waals surface area contributed by atoms with E-state index in [4.69, 9.17) is 16.3 Å². The second kappa shape index (κ2) is 6.83. The van der Waals surface area contributed by atoms with Crippen molar-refractivity contribution in [3.05, 3.63) is 50.4 Å². The minimum absolute atomic E-state index is 0.114. The topological polar surface area (TPSA) is 51.2 Å². The summed E-state index contributed by atoms with van der Waals surface area (Å²) < 4.78 is 5.02. The Kier molecular flexibility index (Phi) is 5.11. The largest absolute Gasteiger partial charge is 0.378 e. The van der Waals surface area contributed by atoms with Crippen LogP contribution >= 0.6 is 22.9 Å². The van der Waals surface area contributed by atoms with Gasteiger partial charge in [-0.25, -0.2) is 4.98 Å². The number of nitrogens with zero attached hydrogens (tertiary/aromatic N) is 1. The summed E-state index contributed by atoms with van der Waals surface area (Å²) in [5, 5.41) is 4.37. The van der Waals surface area contributed by atoms with Gasteiger partial charge in [-0.05, 0) is 24.6 Å². The SMILES string of the molecule is COCc1nc(C)c(C(=O)NCc2ccc(Cl)cc2)s1. The van der Waals surface area contributed by atoms with Gasteiger partial charge in [0, 0.05) is 18.7 Å². The molecule has 6 heteroatoms. The van der Waals surface area contributed by atoms with Gasteiger partial charge in [0.2, 0.25) is 0 Å². The molecular formula is C14H15ClN2O2S. The highest BCUT2D eigenvalue weighted by molar-refractivity contribution is 7.13. The maximum Gasteiger partial charge on any atom is 0.263 e. The average molecular weight is 311 g/mol. The Morgan fingerprint density at radius 1 is 1.40 bits per heavy atom. The minimum atomic E-state index is -0.114. The number of hydrogen-bond acceptors (Lipinski definition) is 4. The molecule has 1 amide bonds. The lowest BCUT2D eigenvalue weighted by Crippen LogP contribution is -2.22. The Bertz CT molecular complexity index is 596. The summed E-state index contributed by atoms with van der Waals surface area (Å²) in [6.45, 7) is 2.72. The predicted molar refractivity (Wildman–Crippen MR) is 80.2 cm³/mol. The number of carbonyl (C=O) groups is 1. The van der Waals surface area contributed by atoms with Gasteiger partial charge in [-0.3, -0.25) is 4.79 Å². The van der Waals surface area contributed by atoms with Gasteiger partial charge in [0.25, 0.3) is 5.91 Å². The zero-order valence-corrected chi connectivity index (χ0v) is 12.8. The molecule has 0 atom stereocenters. The van der Waals surface area contributed by atoms with E-state index in [1.807, 2.05) is 19.1 Å². The minimum Gasteiger partial charge on any atom is -0.378 e. The molecular weight excluding hydrogens is 296 g/mol. The Morgan fingerprint density at radius 3 is 2.75 bits per heavy atom. The normalized spacial score (nSPS) is 10.6. The number of rotatable bonds is 5.